The number of carbonyl (C=O) groups is 1. The summed E-state index contributed by atoms with van der Waals surface area (Å²) in [6.45, 7) is 2.05. The van der Waals surface area contributed by atoms with E-state index >= 15 is 0 Å². The molecule has 1 aliphatic heterocycles. The van der Waals surface area contributed by atoms with E-state index in [0.717, 1.165) is 19.5 Å². The summed E-state index contributed by atoms with van der Waals surface area (Å²) in [4.78, 5) is 10.4. The predicted octanol–water partition coefficient (Wildman–Crippen LogP) is 0.252. The quantitative estimate of drug-likeness (QED) is 0.528. The van der Waals surface area contributed by atoms with Crippen molar-refractivity contribution in [2.45, 2.75) is 18.9 Å². The zero-order valence-corrected chi connectivity index (χ0v) is 6.92. The molecule has 0 spiro atoms. The van der Waals surface area contributed by atoms with Crippen molar-refractivity contribution >= 4 is 6.09 Å². The molecule has 2 aliphatic rings. The molecular weight excluding hydrogens is 156 g/mol. The molecule has 4 heteroatoms. The highest BCUT2D eigenvalue weighted by Crippen LogP contribution is 2.34. The summed E-state index contributed by atoms with van der Waals surface area (Å²) >= 11 is 0. The highest BCUT2D eigenvalue weighted by molar-refractivity contribution is 5.65. The molecule has 68 valence electrons. The highest BCUT2D eigenvalue weighted by atomic mass is 16.4. The standard InChI is InChI=1S/C8H14N2O2/c11-8(12)10-7-2-1-5-3-9-4-6(5)7/h5-7,9-10H,1-4H2,(H,11,12)/t5-,6+,7+/m1/s1. The molecule has 1 saturated carbocycles. The molecule has 0 unspecified atom stereocenters. The van der Waals surface area contributed by atoms with Gasteiger partial charge in [0.15, 0.2) is 0 Å². The molecule has 1 aliphatic carbocycles. The molecule has 2 rings (SSSR count). The Labute approximate surface area is 71.3 Å². The fourth-order valence-corrected chi connectivity index (χ4v) is 2.49. The molecule has 0 bridgehead atoms. The molecule has 4 nitrogen and oxygen atoms in total. The van der Waals surface area contributed by atoms with Crippen molar-refractivity contribution in [1.82, 2.24) is 10.6 Å². The zero-order valence-electron chi connectivity index (χ0n) is 6.92. The molecule has 12 heavy (non-hydrogen) atoms. The molecule has 3 N–H and O–H groups in total. The normalized spacial score (nSPS) is 39.5. The van der Waals surface area contributed by atoms with Crippen LogP contribution in [0.1, 0.15) is 12.8 Å². The Morgan fingerprint density at radius 3 is 3.00 bits per heavy atom. The Balaban J connectivity index is 1.95. The number of nitrogens with one attached hydrogen (secondary N) is 2. The first-order chi connectivity index (χ1) is 5.77. The summed E-state index contributed by atoms with van der Waals surface area (Å²) in [5.74, 6) is 1.25. The van der Waals surface area contributed by atoms with Crippen molar-refractivity contribution in [2.75, 3.05) is 13.1 Å². The lowest BCUT2D eigenvalue weighted by Gasteiger charge is -2.16. The fraction of sp³-hybridized carbons (Fsp3) is 0.875. The highest BCUT2D eigenvalue weighted by Gasteiger charge is 2.39. The van der Waals surface area contributed by atoms with Gasteiger partial charge in [0.25, 0.3) is 0 Å². The Bertz CT molecular complexity index is 195. The first kappa shape index (κ1) is 7.86. The van der Waals surface area contributed by atoms with Crippen molar-refractivity contribution in [1.29, 1.82) is 0 Å². The van der Waals surface area contributed by atoms with Crippen molar-refractivity contribution in [2.24, 2.45) is 11.8 Å². The summed E-state index contributed by atoms with van der Waals surface area (Å²) in [6, 6.07) is 0.197. The van der Waals surface area contributed by atoms with Crippen molar-refractivity contribution in [3.8, 4) is 0 Å². The number of hydrogen-bond acceptors (Lipinski definition) is 2. The number of fused-ring (bicyclic) bond motifs is 1. The third-order valence-electron chi connectivity index (χ3n) is 3.07. The van der Waals surface area contributed by atoms with E-state index in [-0.39, 0.29) is 6.04 Å². The second kappa shape index (κ2) is 2.94. The lowest BCUT2D eigenvalue weighted by atomic mass is 9.98. The predicted molar refractivity (Wildman–Crippen MR) is 44.0 cm³/mol. The summed E-state index contributed by atoms with van der Waals surface area (Å²) in [7, 11) is 0. The SMILES string of the molecule is O=C(O)N[C@H]1CC[C@@H]2CNC[C@@H]21. The Kier molecular flexibility index (Phi) is 1.92. The molecule has 0 aromatic carbocycles. The van der Waals surface area contributed by atoms with Gasteiger partial charge < -0.3 is 15.7 Å². The van der Waals surface area contributed by atoms with E-state index in [1.807, 2.05) is 0 Å². The van der Waals surface area contributed by atoms with E-state index in [2.05, 4.69) is 10.6 Å². The molecule has 0 radical (unpaired) electrons. The van der Waals surface area contributed by atoms with Crippen LogP contribution in [-0.2, 0) is 0 Å². The van der Waals surface area contributed by atoms with Crippen LogP contribution in [0.5, 0.6) is 0 Å². The summed E-state index contributed by atoms with van der Waals surface area (Å²) < 4.78 is 0. The summed E-state index contributed by atoms with van der Waals surface area (Å²) in [5.41, 5.74) is 0. The van der Waals surface area contributed by atoms with Gasteiger partial charge in [-0.2, -0.15) is 0 Å². The minimum absolute atomic E-state index is 0.197. The number of hydrogen-bond donors (Lipinski definition) is 3. The second-order valence-corrected chi connectivity index (χ2v) is 3.72. The Morgan fingerprint density at radius 2 is 2.25 bits per heavy atom. The molecule has 0 aromatic rings. The van der Waals surface area contributed by atoms with Crippen LogP contribution >= 0.6 is 0 Å². The third kappa shape index (κ3) is 1.27. The zero-order chi connectivity index (χ0) is 8.55. The van der Waals surface area contributed by atoms with Gasteiger partial charge in [0.05, 0.1) is 0 Å². The second-order valence-electron chi connectivity index (χ2n) is 3.72. The maximum atomic E-state index is 10.4. The van der Waals surface area contributed by atoms with E-state index in [1.165, 1.54) is 6.42 Å². The van der Waals surface area contributed by atoms with E-state index in [1.54, 1.807) is 0 Å². The lowest BCUT2D eigenvalue weighted by Crippen LogP contribution is -2.38. The van der Waals surface area contributed by atoms with Crippen molar-refractivity contribution < 1.29 is 9.90 Å². The van der Waals surface area contributed by atoms with E-state index in [4.69, 9.17) is 5.11 Å². The van der Waals surface area contributed by atoms with Crippen molar-refractivity contribution in [3.63, 3.8) is 0 Å². The van der Waals surface area contributed by atoms with Gasteiger partial charge in [-0.1, -0.05) is 0 Å². The molecule has 2 fully saturated rings. The maximum absolute atomic E-state index is 10.4. The minimum Gasteiger partial charge on any atom is -0.465 e. The molecule has 0 aromatic heterocycles. The van der Waals surface area contributed by atoms with Gasteiger partial charge in [0.1, 0.15) is 0 Å². The molecule has 1 saturated heterocycles. The smallest absolute Gasteiger partial charge is 0.404 e. The van der Waals surface area contributed by atoms with Gasteiger partial charge in [-0.15, -0.1) is 0 Å². The largest absolute Gasteiger partial charge is 0.465 e. The van der Waals surface area contributed by atoms with Crippen LogP contribution in [0.25, 0.3) is 0 Å². The topological polar surface area (TPSA) is 61.4 Å². The van der Waals surface area contributed by atoms with Gasteiger partial charge in [-0.3, -0.25) is 0 Å². The van der Waals surface area contributed by atoms with Crippen LogP contribution in [-0.4, -0.2) is 30.3 Å². The van der Waals surface area contributed by atoms with Gasteiger partial charge in [-0.25, -0.2) is 4.79 Å². The van der Waals surface area contributed by atoms with Gasteiger partial charge in [0.2, 0.25) is 0 Å². The lowest BCUT2D eigenvalue weighted by molar-refractivity contribution is 0.186. The molecule has 1 amide bonds. The fourth-order valence-electron chi connectivity index (χ4n) is 2.49. The average molecular weight is 170 g/mol. The molecular formula is C8H14N2O2. The number of carboxylic acid groups (broad SMARTS) is 1. The van der Waals surface area contributed by atoms with Crippen LogP contribution in [0.3, 0.4) is 0 Å². The summed E-state index contributed by atoms with van der Waals surface area (Å²) in [6.07, 6.45) is 1.30. The number of amides is 1. The van der Waals surface area contributed by atoms with Crippen LogP contribution in [0.2, 0.25) is 0 Å². The third-order valence-corrected chi connectivity index (χ3v) is 3.07. The first-order valence-electron chi connectivity index (χ1n) is 4.47. The first-order valence-corrected chi connectivity index (χ1v) is 4.47. The van der Waals surface area contributed by atoms with Gasteiger partial charge >= 0.3 is 6.09 Å². The van der Waals surface area contributed by atoms with Gasteiger partial charge in [-0.05, 0) is 31.2 Å². The number of rotatable bonds is 1. The minimum atomic E-state index is -0.882. The van der Waals surface area contributed by atoms with Crippen LogP contribution in [0.4, 0.5) is 4.79 Å². The van der Waals surface area contributed by atoms with Crippen LogP contribution in [0.15, 0.2) is 0 Å². The van der Waals surface area contributed by atoms with Crippen molar-refractivity contribution in [3.05, 3.63) is 0 Å². The maximum Gasteiger partial charge on any atom is 0.404 e. The Morgan fingerprint density at radius 1 is 1.42 bits per heavy atom. The van der Waals surface area contributed by atoms with E-state index in [0.29, 0.717) is 11.8 Å². The average Bonchev–Trinajstić information content (AvgIpc) is 2.52. The van der Waals surface area contributed by atoms with Crippen LogP contribution < -0.4 is 10.6 Å². The summed E-state index contributed by atoms with van der Waals surface area (Å²) in [5, 5.41) is 14.4. The van der Waals surface area contributed by atoms with E-state index in [9.17, 15) is 4.79 Å². The van der Waals surface area contributed by atoms with Crippen LogP contribution in [0, 0.1) is 11.8 Å². The van der Waals surface area contributed by atoms with Gasteiger partial charge in [0, 0.05) is 12.6 Å². The molecule has 3 atom stereocenters. The molecule has 1 heterocycles. The van der Waals surface area contributed by atoms with E-state index < -0.39 is 6.09 Å². The Hall–Kier alpha value is -0.770. The monoisotopic (exact) mass is 170 g/mol.